The second kappa shape index (κ2) is 10.7. The van der Waals surface area contributed by atoms with Crippen LogP contribution in [0.4, 0.5) is 0 Å². The Bertz CT molecular complexity index is 1300. The van der Waals surface area contributed by atoms with Crippen LogP contribution in [0.25, 0.3) is 10.9 Å². The van der Waals surface area contributed by atoms with Crippen molar-refractivity contribution in [1.82, 2.24) is 9.66 Å². The lowest BCUT2D eigenvalue weighted by molar-refractivity contribution is -0.147. The van der Waals surface area contributed by atoms with Crippen LogP contribution in [-0.4, -0.2) is 35.1 Å². The van der Waals surface area contributed by atoms with Gasteiger partial charge in [0.1, 0.15) is 11.6 Å². The van der Waals surface area contributed by atoms with Gasteiger partial charge in [-0.15, -0.1) is 0 Å². The van der Waals surface area contributed by atoms with Crippen molar-refractivity contribution in [3.05, 3.63) is 67.6 Å². The minimum absolute atomic E-state index is 0.154. The summed E-state index contributed by atoms with van der Waals surface area (Å²) in [6.07, 6.45) is 6.01. The van der Waals surface area contributed by atoms with Crippen molar-refractivity contribution in [3.63, 3.8) is 0 Å². The molecule has 4 rings (SSSR count). The topological polar surface area (TPSA) is 82.8 Å². The van der Waals surface area contributed by atoms with E-state index in [1.165, 1.54) is 24.4 Å². The minimum Gasteiger partial charge on any atom is -0.478 e. The normalized spacial score (nSPS) is 15.5. The molecule has 0 spiro atoms. The molecule has 1 fully saturated rings. The number of halogens is 2. The maximum absolute atomic E-state index is 13.5. The quantitative estimate of drug-likeness (QED) is 0.293. The standard InChI is InChI=1S/C25H25BrClN3O4/c1-15(25(32)33-2)34-22-11-9-19(27)12-17(22)14-28-30-23(16-6-4-3-5-7-16)29-21-10-8-18(26)13-20(21)24(30)31/h8-16H,3-7H2,1-2H3/t15-/m0/s1. The number of hydrogen-bond acceptors (Lipinski definition) is 6. The number of ether oxygens (including phenoxy) is 2. The highest BCUT2D eigenvalue weighted by atomic mass is 79.9. The number of nitrogens with zero attached hydrogens (tertiary/aromatic N) is 3. The summed E-state index contributed by atoms with van der Waals surface area (Å²) in [4.78, 5) is 30.2. The molecule has 34 heavy (non-hydrogen) atoms. The molecule has 9 heteroatoms. The van der Waals surface area contributed by atoms with Crippen LogP contribution < -0.4 is 10.3 Å². The van der Waals surface area contributed by atoms with Gasteiger partial charge >= 0.3 is 5.97 Å². The van der Waals surface area contributed by atoms with Gasteiger partial charge in [0.25, 0.3) is 5.56 Å². The van der Waals surface area contributed by atoms with Crippen molar-refractivity contribution in [2.45, 2.75) is 51.0 Å². The number of rotatable bonds is 6. The lowest BCUT2D eigenvalue weighted by Crippen LogP contribution is -2.26. The molecule has 0 unspecified atom stereocenters. The molecule has 1 saturated carbocycles. The molecule has 1 heterocycles. The maximum Gasteiger partial charge on any atom is 0.346 e. The predicted molar refractivity (Wildman–Crippen MR) is 136 cm³/mol. The zero-order chi connectivity index (χ0) is 24.2. The molecule has 0 bridgehead atoms. The molecule has 0 N–H and O–H groups in total. The van der Waals surface area contributed by atoms with E-state index in [1.54, 1.807) is 31.2 Å². The van der Waals surface area contributed by atoms with Gasteiger partial charge in [0.15, 0.2) is 6.10 Å². The van der Waals surface area contributed by atoms with E-state index in [-0.39, 0.29) is 11.5 Å². The number of esters is 1. The molecule has 1 atom stereocenters. The molecule has 1 aliphatic rings. The van der Waals surface area contributed by atoms with Crippen LogP contribution >= 0.6 is 27.5 Å². The van der Waals surface area contributed by atoms with Crippen molar-refractivity contribution in [3.8, 4) is 5.75 Å². The number of methoxy groups -OCH3 is 1. The average Bonchev–Trinajstić information content (AvgIpc) is 2.85. The van der Waals surface area contributed by atoms with E-state index in [0.29, 0.717) is 33.1 Å². The van der Waals surface area contributed by atoms with Crippen LogP contribution in [0.15, 0.2) is 50.8 Å². The van der Waals surface area contributed by atoms with Gasteiger partial charge < -0.3 is 9.47 Å². The van der Waals surface area contributed by atoms with Crippen LogP contribution in [0.5, 0.6) is 5.75 Å². The molecule has 0 radical (unpaired) electrons. The van der Waals surface area contributed by atoms with Crippen molar-refractivity contribution < 1.29 is 14.3 Å². The van der Waals surface area contributed by atoms with E-state index < -0.39 is 12.1 Å². The van der Waals surface area contributed by atoms with Gasteiger partial charge in [-0.3, -0.25) is 4.79 Å². The molecule has 0 amide bonds. The SMILES string of the molecule is COC(=O)[C@H](C)Oc1ccc(Cl)cc1C=Nn1c(C2CCCCC2)nc2ccc(Br)cc2c1=O. The summed E-state index contributed by atoms with van der Waals surface area (Å²) in [5.41, 5.74) is 0.938. The minimum atomic E-state index is -0.821. The highest BCUT2D eigenvalue weighted by Crippen LogP contribution is 2.32. The van der Waals surface area contributed by atoms with E-state index in [1.807, 2.05) is 12.1 Å². The Labute approximate surface area is 210 Å². The Morgan fingerprint density at radius 2 is 2.00 bits per heavy atom. The van der Waals surface area contributed by atoms with Crippen LogP contribution in [0.3, 0.4) is 0 Å². The maximum atomic E-state index is 13.5. The third-order valence-electron chi connectivity index (χ3n) is 5.92. The summed E-state index contributed by atoms with van der Waals surface area (Å²) in [7, 11) is 1.30. The molecule has 0 saturated heterocycles. The zero-order valence-corrected chi connectivity index (χ0v) is 21.3. The molecule has 2 aromatic carbocycles. The molecule has 3 aromatic rings. The van der Waals surface area contributed by atoms with Gasteiger partial charge in [0.05, 0.1) is 24.2 Å². The molecular formula is C25H25BrClN3O4. The van der Waals surface area contributed by atoms with Gasteiger partial charge in [0, 0.05) is 21.0 Å². The first-order chi connectivity index (χ1) is 16.4. The summed E-state index contributed by atoms with van der Waals surface area (Å²) in [5, 5.41) is 5.50. The first-order valence-electron chi connectivity index (χ1n) is 11.2. The van der Waals surface area contributed by atoms with E-state index in [9.17, 15) is 9.59 Å². The summed E-state index contributed by atoms with van der Waals surface area (Å²) in [6, 6.07) is 10.5. The Balaban J connectivity index is 1.80. The lowest BCUT2D eigenvalue weighted by Gasteiger charge is -2.22. The predicted octanol–water partition coefficient (Wildman–Crippen LogP) is 5.68. The number of fused-ring (bicyclic) bond motifs is 1. The van der Waals surface area contributed by atoms with Crippen molar-refractivity contribution in [2.24, 2.45) is 5.10 Å². The summed E-state index contributed by atoms with van der Waals surface area (Å²) in [6.45, 7) is 1.60. The van der Waals surface area contributed by atoms with Crippen LogP contribution in [0.1, 0.15) is 56.3 Å². The van der Waals surface area contributed by atoms with Crippen molar-refractivity contribution in [2.75, 3.05) is 7.11 Å². The largest absolute Gasteiger partial charge is 0.478 e. The smallest absolute Gasteiger partial charge is 0.346 e. The Morgan fingerprint density at radius 1 is 1.24 bits per heavy atom. The molecule has 1 aromatic heterocycles. The fraction of sp³-hybridized carbons (Fsp3) is 0.360. The molecule has 1 aliphatic carbocycles. The number of benzene rings is 2. The summed E-state index contributed by atoms with van der Waals surface area (Å²) in [5.74, 6) is 0.706. The van der Waals surface area contributed by atoms with Gasteiger partial charge in [-0.2, -0.15) is 9.78 Å². The highest BCUT2D eigenvalue weighted by molar-refractivity contribution is 9.10. The third kappa shape index (κ3) is 5.33. The lowest BCUT2D eigenvalue weighted by atomic mass is 9.88. The Hall–Kier alpha value is -2.71. The van der Waals surface area contributed by atoms with Gasteiger partial charge in [0.2, 0.25) is 0 Å². The van der Waals surface area contributed by atoms with Crippen LogP contribution in [0.2, 0.25) is 5.02 Å². The Kier molecular flexibility index (Phi) is 7.68. The van der Waals surface area contributed by atoms with E-state index in [2.05, 4.69) is 21.0 Å². The fourth-order valence-electron chi connectivity index (χ4n) is 4.15. The highest BCUT2D eigenvalue weighted by Gasteiger charge is 2.23. The Morgan fingerprint density at radius 3 is 2.74 bits per heavy atom. The van der Waals surface area contributed by atoms with Crippen molar-refractivity contribution >= 4 is 50.6 Å². The van der Waals surface area contributed by atoms with E-state index in [0.717, 1.165) is 30.2 Å². The zero-order valence-electron chi connectivity index (χ0n) is 19.0. The van der Waals surface area contributed by atoms with Gasteiger partial charge in [-0.05, 0) is 56.2 Å². The summed E-state index contributed by atoms with van der Waals surface area (Å²) < 4.78 is 12.7. The van der Waals surface area contributed by atoms with Gasteiger partial charge in [-0.1, -0.05) is 46.8 Å². The number of aromatic nitrogens is 2. The van der Waals surface area contributed by atoms with E-state index in [4.69, 9.17) is 26.1 Å². The van der Waals surface area contributed by atoms with Crippen LogP contribution in [0, 0.1) is 0 Å². The monoisotopic (exact) mass is 545 g/mol. The van der Waals surface area contributed by atoms with E-state index >= 15 is 0 Å². The van der Waals surface area contributed by atoms with Gasteiger partial charge in [-0.25, -0.2) is 9.78 Å². The fourth-order valence-corrected chi connectivity index (χ4v) is 4.70. The number of hydrogen-bond donors (Lipinski definition) is 0. The third-order valence-corrected chi connectivity index (χ3v) is 6.65. The first kappa shape index (κ1) is 24.4. The first-order valence-corrected chi connectivity index (χ1v) is 12.3. The van der Waals surface area contributed by atoms with Crippen molar-refractivity contribution in [1.29, 1.82) is 0 Å². The van der Waals surface area contributed by atoms with Crippen LogP contribution in [-0.2, 0) is 9.53 Å². The molecule has 0 aliphatic heterocycles. The number of carbonyl (C=O) groups excluding carboxylic acids is 1. The molecular weight excluding hydrogens is 522 g/mol. The molecule has 7 nitrogen and oxygen atoms in total. The average molecular weight is 547 g/mol. The number of carbonyl (C=O) groups is 1. The second-order valence-electron chi connectivity index (χ2n) is 8.29. The second-order valence-corrected chi connectivity index (χ2v) is 9.65. The summed E-state index contributed by atoms with van der Waals surface area (Å²) >= 11 is 9.65. The molecule has 178 valence electrons.